The van der Waals surface area contributed by atoms with Gasteiger partial charge in [0.15, 0.2) is 0 Å². The van der Waals surface area contributed by atoms with Gasteiger partial charge in [0.05, 0.1) is 4.75 Å². The number of rotatable bonds is 15. The van der Waals surface area contributed by atoms with Crippen LogP contribution in [0.25, 0.3) is 11.1 Å². The van der Waals surface area contributed by atoms with Gasteiger partial charge in [0.1, 0.15) is 18.9 Å². The quantitative estimate of drug-likeness (QED) is 0.0649. The van der Waals surface area contributed by atoms with Gasteiger partial charge < -0.3 is 20.2 Å². The Kier molecular flexibility index (Phi) is 11.4. The zero-order valence-corrected chi connectivity index (χ0v) is 29.9. The summed E-state index contributed by atoms with van der Waals surface area (Å²) in [4.78, 5) is 38.9. The van der Waals surface area contributed by atoms with Crippen molar-refractivity contribution in [3.63, 3.8) is 0 Å². The summed E-state index contributed by atoms with van der Waals surface area (Å²) in [5.74, 6) is -0.423. The maximum absolute atomic E-state index is 14.2. The summed E-state index contributed by atoms with van der Waals surface area (Å²) in [5.41, 5.74) is 7.67. The number of alkyl carbamates (subject to hydrolysis) is 1. The smallest absolute Gasteiger partial charge is 0.407 e. The highest BCUT2D eigenvalue weighted by Crippen LogP contribution is 2.54. The predicted octanol–water partition coefficient (Wildman–Crippen LogP) is 8.88. The van der Waals surface area contributed by atoms with E-state index in [1.165, 1.54) is 0 Å². The van der Waals surface area contributed by atoms with Crippen LogP contribution in [0.5, 0.6) is 0 Å². The minimum atomic E-state index is -0.972. The predicted molar refractivity (Wildman–Crippen MR) is 206 cm³/mol. The number of thioether (sulfide) groups is 1. The summed E-state index contributed by atoms with van der Waals surface area (Å²) in [5, 5.41) is 6.05. The van der Waals surface area contributed by atoms with E-state index in [4.69, 9.17) is 4.74 Å². The molecular weight excluding hydrogens is 653 g/mol. The Balaban J connectivity index is 1.32. The summed E-state index contributed by atoms with van der Waals surface area (Å²) in [7, 11) is 0. The lowest BCUT2D eigenvalue weighted by Gasteiger charge is -2.44. The van der Waals surface area contributed by atoms with Crippen molar-refractivity contribution in [1.29, 1.82) is 0 Å². The number of nitrogens with one attached hydrogen (secondary N) is 2. The summed E-state index contributed by atoms with van der Waals surface area (Å²) >= 11 is 1.63. The summed E-state index contributed by atoms with van der Waals surface area (Å²) < 4.78 is 4.37. The fourth-order valence-electron chi connectivity index (χ4n) is 7.13. The van der Waals surface area contributed by atoms with Crippen LogP contribution >= 0.6 is 11.8 Å². The van der Waals surface area contributed by atoms with Crippen LogP contribution in [0, 0.1) is 0 Å². The molecule has 51 heavy (non-hydrogen) atoms. The number of unbranched alkanes of at least 4 members (excludes halogenated alkanes) is 2. The minimum absolute atomic E-state index is 0.113. The molecule has 6 nitrogen and oxygen atoms in total. The second kappa shape index (κ2) is 16.3. The molecule has 0 spiro atoms. The highest BCUT2D eigenvalue weighted by Gasteiger charge is 2.47. The molecule has 6 rings (SSSR count). The van der Waals surface area contributed by atoms with Crippen LogP contribution in [-0.2, 0) is 19.1 Å². The van der Waals surface area contributed by atoms with E-state index >= 15 is 0 Å². The molecule has 1 unspecified atom stereocenters. The van der Waals surface area contributed by atoms with Crippen LogP contribution in [0.3, 0.4) is 0 Å². The Hall–Kier alpha value is -5.14. The van der Waals surface area contributed by atoms with Crippen molar-refractivity contribution in [2.45, 2.75) is 54.6 Å². The van der Waals surface area contributed by atoms with E-state index < -0.39 is 21.6 Å². The van der Waals surface area contributed by atoms with E-state index in [0.29, 0.717) is 25.8 Å². The molecule has 2 amide bonds. The zero-order chi connectivity index (χ0) is 35.7. The normalized spacial score (nSPS) is 13.1. The molecule has 0 heterocycles. The van der Waals surface area contributed by atoms with Gasteiger partial charge in [-0.1, -0.05) is 140 Å². The third-order valence-corrected chi connectivity index (χ3v) is 11.3. The Bertz CT molecular complexity index is 1790. The standard InChI is InChI=1S/C44H44N2O4S/c1-43(2,51-44(32-19-7-3-8-20-32,33-21-9-4-10-22-33)34-23-11-5-12-24-34)40(41(48)45-29-17-6-18-30-47)46-42(49)50-31-39-37-27-15-13-25-35(37)36-26-14-16-28-38(36)39/h3-5,7-16,19-28,30,39-40H,6,17-18,29,31H2,1-2H3,(H,45,48)(H,46,49). The Morgan fingerprint density at radius 2 is 1.18 bits per heavy atom. The number of carbonyl (C=O) groups is 3. The van der Waals surface area contributed by atoms with Gasteiger partial charge in [0, 0.05) is 23.6 Å². The lowest BCUT2D eigenvalue weighted by molar-refractivity contribution is -0.123. The van der Waals surface area contributed by atoms with Gasteiger partial charge in [0.25, 0.3) is 0 Å². The number of ether oxygens (including phenoxy) is 1. The molecule has 0 fully saturated rings. The van der Waals surface area contributed by atoms with E-state index in [-0.39, 0.29) is 18.4 Å². The summed E-state index contributed by atoms with van der Waals surface area (Å²) in [6.45, 7) is 4.52. The van der Waals surface area contributed by atoms with Crippen molar-refractivity contribution < 1.29 is 19.1 Å². The lowest BCUT2D eigenvalue weighted by Crippen LogP contribution is -2.57. The van der Waals surface area contributed by atoms with Gasteiger partial charge in [0.2, 0.25) is 5.91 Å². The average molecular weight is 697 g/mol. The molecule has 5 aromatic rings. The first-order chi connectivity index (χ1) is 24.8. The molecule has 1 aliphatic carbocycles. The molecule has 0 saturated heterocycles. The Morgan fingerprint density at radius 3 is 1.67 bits per heavy atom. The van der Waals surface area contributed by atoms with Crippen molar-refractivity contribution in [3.8, 4) is 11.1 Å². The molecule has 7 heteroatoms. The van der Waals surface area contributed by atoms with E-state index in [0.717, 1.165) is 45.2 Å². The number of amides is 2. The van der Waals surface area contributed by atoms with E-state index in [1.807, 2.05) is 92.7 Å². The molecule has 2 N–H and O–H groups in total. The van der Waals surface area contributed by atoms with Crippen molar-refractivity contribution >= 4 is 30.0 Å². The molecule has 260 valence electrons. The summed E-state index contributed by atoms with van der Waals surface area (Å²) in [6, 6.07) is 46.3. The number of carbonyl (C=O) groups excluding carboxylic acids is 3. The first kappa shape index (κ1) is 35.7. The van der Waals surface area contributed by atoms with Crippen molar-refractivity contribution in [3.05, 3.63) is 167 Å². The van der Waals surface area contributed by atoms with Crippen LogP contribution < -0.4 is 10.6 Å². The molecule has 0 saturated carbocycles. The number of aldehydes is 1. The molecule has 1 atom stereocenters. The highest BCUT2D eigenvalue weighted by molar-refractivity contribution is 8.02. The maximum atomic E-state index is 14.2. The Labute approximate surface area is 305 Å². The molecule has 0 aliphatic heterocycles. The van der Waals surface area contributed by atoms with Crippen LogP contribution in [0.4, 0.5) is 4.79 Å². The average Bonchev–Trinajstić information content (AvgIpc) is 3.49. The lowest BCUT2D eigenvalue weighted by atomic mass is 9.84. The van der Waals surface area contributed by atoms with Crippen molar-refractivity contribution in [2.24, 2.45) is 0 Å². The molecule has 1 aliphatic rings. The number of hydrogen-bond donors (Lipinski definition) is 2. The van der Waals surface area contributed by atoms with Crippen molar-refractivity contribution in [2.75, 3.05) is 13.2 Å². The third kappa shape index (κ3) is 7.79. The Morgan fingerprint density at radius 1 is 0.706 bits per heavy atom. The molecule has 0 aromatic heterocycles. The fourth-order valence-corrected chi connectivity index (χ4v) is 8.96. The summed E-state index contributed by atoms with van der Waals surface area (Å²) in [6.07, 6.45) is 1.99. The maximum Gasteiger partial charge on any atom is 0.407 e. The monoisotopic (exact) mass is 696 g/mol. The SMILES string of the molecule is CC(C)(SC(c1ccccc1)(c1ccccc1)c1ccccc1)C(NC(=O)OCC1c2ccccc2-c2ccccc21)C(=O)NCCCCC=O. The van der Waals surface area contributed by atoms with Gasteiger partial charge in [-0.15, -0.1) is 11.8 Å². The van der Waals surface area contributed by atoms with Gasteiger partial charge in [-0.3, -0.25) is 4.79 Å². The van der Waals surface area contributed by atoms with E-state index in [2.05, 4.69) is 71.3 Å². The molecule has 0 bridgehead atoms. The topological polar surface area (TPSA) is 84.5 Å². The van der Waals surface area contributed by atoms with Crippen LogP contribution in [-0.4, -0.2) is 42.2 Å². The number of hydrogen-bond acceptors (Lipinski definition) is 5. The van der Waals surface area contributed by atoms with Gasteiger partial charge in [-0.05, 0) is 65.6 Å². The van der Waals surface area contributed by atoms with Crippen molar-refractivity contribution in [1.82, 2.24) is 10.6 Å². The molecular formula is C44H44N2O4S. The number of fused-ring (bicyclic) bond motifs is 3. The van der Waals surface area contributed by atoms with Gasteiger partial charge in [-0.2, -0.15) is 0 Å². The van der Waals surface area contributed by atoms with Crippen LogP contribution in [0.1, 0.15) is 66.8 Å². The number of benzene rings is 5. The highest BCUT2D eigenvalue weighted by atomic mass is 32.2. The third-order valence-electron chi connectivity index (χ3n) is 9.57. The minimum Gasteiger partial charge on any atom is -0.449 e. The fraction of sp³-hybridized carbons (Fsp3) is 0.250. The second-order valence-electron chi connectivity index (χ2n) is 13.3. The van der Waals surface area contributed by atoms with Gasteiger partial charge >= 0.3 is 6.09 Å². The van der Waals surface area contributed by atoms with Gasteiger partial charge in [-0.25, -0.2) is 4.79 Å². The van der Waals surface area contributed by atoms with E-state index in [1.54, 1.807) is 11.8 Å². The zero-order valence-electron chi connectivity index (χ0n) is 29.1. The molecule has 5 aromatic carbocycles. The van der Waals surface area contributed by atoms with Crippen LogP contribution in [0.2, 0.25) is 0 Å². The first-order valence-electron chi connectivity index (χ1n) is 17.5. The van der Waals surface area contributed by atoms with Crippen LogP contribution in [0.15, 0.2) is 140 Å². The molecule has 0 radical (unpaired) electrons. The second-order valence-corrected chi connectivity index (χ2v) is 15.2. The largest absolute Gasteiger partial charge is 0.449 e. The van der Waals surface area contributed by atoms with E-state index in [9.17, 15) is 14.4 Å². The first-order valence-corrected chi connectivity index (χ1v) is 18.4.